The summed E-state index contributed by atoms with van der Waals surface area (Å²) < 4.78 is 4.64. The van der Waals surface area contributed by atoms with Crippen molar-refractivity contribution < 1.29 is 9.53 Å². The summed E-state index contributed by atoms with van der Waals surface area (Å²) >= 11 is 0. The summed E-state index contributed by atoms with van der Waals surface area (Å²) in [7, 11) is 1.35. The third-order valence-corrected chi connectivity index (χ3v) is 2.33. The van der Waals surface area contributed by atoms with Crippen LogP contribution in [0.2, 0.25) is 0 Å². The highest BCUT2D eigenvalue weighted by Gasteiger charge is 2.15. The van der Waals surface area contributed by atoms with E-state index in [-0.39, 0.29) is 5.97 Å². The molecule has 0 fully saturated rings. The molecular weight excluding hydrogens is 194 g/mol. The van der Waals surface area contributed by atoms with Gasteiger partial charge in [-0.25, -0.2) is 4.79 Å². The van der Waals surface area contributed by atoms with Gasteiger partial charge in [0.1, 0.15) is 0 Å². The van der Waals surface area contributed by atoms with Crippen LogP contribution in [0.1, 0.15) is 10.4 Å². The van der Waals surface area contributed by atoms with E-state index in [1.54, 1.807) is 12.1 Å². The lowest BCUT2D eigenvalue weighted by Gasteiger charge is -2.22. The van der Waals surface area contributed by atoms with Crippen molar-refractivity contribution >= 4 is 23.0 Å². The number of nitrogen functional groups attached to an aromatic ring is 1. The first-order valence-corrected chi connectivity index (χ1v) is 4.72. The number of nitrogens with one attached hydrogen (secondary N) is 2. The summed E-state index contributed by atoms with van der Waals surface area (Å²) in [6.07, 6.45) is 0. The highest BCUT2D eigenvalue weighted by Crippen LogP contribution is 2.32. The molecule has 2 rings (SSSR count). The minimum atomic E-state index is -0.378. The largest absolute Gasteiger partial charge is 0.465 e. The van der Waals surface area contributed by atoms with Crippen LogP contribution in [-0.2, 0) is 4.74 Å². The average molecular weight is 207 g/mol. The smallest absolute Gasteiger partial charge is 0.338 e. The van der Waals surface area contributed by atoms with Crippen LogP contribution in [0.4, 0.5) is 17.1 Å². The van der Waals surface area contributed by atoms with Gasteiger partial charge in [0.2, 0.25) is 0 Å². The lowest BCUT2D eigenvalue weighted by atomic mass is 10.1. The Morgan fingerprint density at radius 1 is 1.40 bits per heavy atom. The lowest BCUT2D eigenvalue weighted by Crippen LogP contribution is -2.22. The monoisotopic (exact) mass is 207 g/mol. The molecule has 0 aliphatic carbocycles. The van der Waals surface area contributed by atoms with E-state index in [2.05, 4.69) is 15.4 Å². The fourth-order valence-corrected chi connectivity index (χ4v) is 1.62. The van der Waals surface area contributed by atoms with Crippen molar-refractivity contribution in [2.75, 3.05) is 36.6 Å². The summed E-state index contributed by atoms with van der Waals surface area (Å²) in [5, 5.41) is 6.35. The molecule has 0 atom stereocenters. The van der Waals surface area contributed by atoms with E-state index < -0.39 is 0 Å². The number of esters is 1. The van der Waals surface area contributed by atoms with E-state index in [9.17, 15) is 4.79 Å². The van der Waals surface area contributed by atoms with E-state index in [0.717, 1.165) is 24.5 Å². The SMILES string of the molecule is COC(=O)c1cc(N)c2c(c1)NCCN2. The maximum Gasteiger partial charge on any atom is 0.338 e. The number of methoxy groups -OCH3 is 1. The van der Waals surface area contributed by atoms with Crippen molar-refractivity contribution in [2.45, 2.75) is 0 Å². The number of rotatable bonds is 1. The van der Waals surface area contributed by atoms with Crippen LogP contribution in [0.5, 0.6) is 0 Å². The summed E-state index contributed by atoms with van der Waals surface area (Å²) in [6, 6.07) is 3.36. The quantitative estimate of drug-likeness (QED) is 0.471. The Bertz CT molecular complexity index is 404. The van der Waals surface area contributed by atoms with Crippen molar-refractivity contribution in [1.29, 1.82) is 0 Å². The topological polar surface area (TPSA) is 76.4 Å². The normalized spacial score (nSPS) is 13.4. The second-order valence-corrected chi connectivity index (χ2v) is 3.33. The molecule has 0 saturated carbocycles. The average Bonchev–Trinajstić information content (AvgIpc) is 2.28. The second-order valence-electron chi connectivity index (χ2n) is 3.33. The van der Waals surface area contributed by atoms with Crippen LogP contribution >= 0.6 is 0 Å². The van der Waals surface area contributed by atoms with Crippen LogP contribution in [0.25, 0.3) is 0 Å². The first kappa shape index (κ1) is 9.64. The molecule has 0 radical (unpaired) electrons. The molecule has 5 heteroatoms. The van der Waals surface area contributed by atoms with Crippen LogP contribution in [0.15, 0.2) is 12.1 Å². The Kier molecular flexibility index (Phi) is 2.37. The fourth-order valence-electron chi connectivity index (χ4n) is 1.62. The molecule has 1 aliphatic heterocycles. The lowest BCUT2D eigenvalue weighted by molar-refractivity contribution is 0.0601. The zero-order valence-electron chi connectivity index (χ0n) is 8.46. The molecule has 0 saturated heterocycles. The Morgan fingerprint density at radius 2 is 2.13 bits per heavy atom. The standard InChI is InChI=1S/C10H13N3O2/c1-15-10(14)6-4-7(11)9-8(5-6)12-2-3-13-9/h4-5,12-13H,2-3,11H2,1H3. The van der Waals surface area contributed by atoms with Crippen molar-refractivity contribution in [3.8, 4) is 0 Å². The van der Waals surface area contributed by atoms with Gasteiger partial charge in [-0.1, -0.05) is 0 Å². The molecule has 80 valence electrons. The summed E-state index contributed by atoms with van der Waals surface area (Å²) in [5.41, 5.74) is 8.55. The van der Waals surface area contributed by atoms with Crippen LogP contribution < -0.4 is 16.4 Å². The number of carbonyl (C=O) groups is 1. The molecule has 1 heterocycles. The number of fused-ring (bicyclic) bond motifs is 1. The van der Waals surface area contributed by atoms with Gasteiger partial charge in [0.25, 0.3) is 0 Å². The maximum atomic E-state index is 11.3. The molecule has 15 heavy (non-hydrogen) atoms. The molecule has 4 N–H and O–H groups in total. The molecule has 1 aliphatic rings. The Morgan fingerprint density at radius 3 is 2.87 bits per heavy atom. The van der Waals surface area contributed by atoms with Crippen molar-refractivity contribution in [3.05, 3.63) is 17.7 Å². The van der Waals surface area contributed by atoms with Gasteiger partial charge >= 0.3 is 5.97 Å². The van der Waals surface area contributed by atoms with Gasteiger partial charge in [0.05, 0.1) is 29.7 Å². The molecule has 1 aromatic rings. The molecule has 0 unspecified atom stereocenters. The molecule has 0 bridgehead atoms. The van der Waals surface area contributed by atoms with Crippen molar-refractivity contribution in [1.82, 2.24) is 0 Å². The van der Waals surface area contributed by atoms with E-state index in [1.165, 1.54) is 7.11 Å². The maximum absolute atomic E-state index is 11.3. The number of hydrogen-bond donors (Lipinski definition) is 3. The van der Waals surface area contributed by atoms with Crippen LogP contribution in [0, 0.1) is 0 Å². The highest BCUT2D eigenvalue weighted by atomic mass is 16.5. The van der Waals surface area contributed by atoms with E-state index in [0.29, 0.717) is 11.3 Å². The Labute approximate surface area is 87.6 Å². The molecular formula is C10H13N3O2. The predicted octanol–water partition coefficient (Wildman–Crippen LogP) is 0.893. The van der Waals surface area contributed by atoms with Gasteiger partial charge in [-0.2, -0.15) is 0 Å². The fraction of sp³-hybridized carbons (Fsp3) is 0.300. The van der Waals surface area contributed by atoms with E-state index in [4.69, 9.17) is 5.73 Å². The number of hydrogen-bond acceptors (Lipinski definition) is 5. The summed E-state index contributed by atoms with van der Waals surface area (Å²) in [6.45, 7) is 1.64. The van der Waals surface area contributed by atoms with Gasteiger partial charge in [0, 0.05) is 13.1 Å². The molecule has 5 nitrogen and oxygen atoms in total. The minimum absolute atomic E-state index is 0.378. The van der Waals surface area contributed by atoms with Crippen molar-refractivity contribution in [3.63, 3.8) is 0 Å². The zero-order valence-corrected chi connectivity index (χ0v) is 8.46. The van der Waals surface area contributed by atoms with E-state index >= 15 is 0 Å². The van der Waals surface area contributed by atoms with Crippen LogP contribution in [-0.4, -0.2) is 26.2 Å². The molecule has 0 aromatic heterocycles. The highest BCUT2D eigenvalue weighted by molar-refractivity contribution is 5.96. The number of benzene rings is 1. The van der Waals surface area contributed by atoms with Gasteiger partial charge in [-0.05, 0) is 12.1 Å². The third-order valence-electron chi connectivity index (χ3n) is 2.33. The summed E-state index contributed by atoms with van der Waals surface area (Å²) in [5.74, 6) is -0.378. The first-order valence-electron chi connectivity index (χ1n) is 4.72. The second kappa shape index (κ2) is 3.68. The summed E-state index contributed by atoms with van der Waals surface area (Å²) in [4.78, 5) is 11.3. The third kappa shape index (κ3) is 1.68. The number of nitrogens with two attached hydrogens (primary N) is 1. The van der Waals surface area contributed by atoms with Gasteiger partial charge in [-0.15, -0.1) is 0 Å². The molecule has 0 amide bonds. The molecule has 1 aromatic carbocycles. The number of carbonyl (C=O) groups excluding carboxylic acids is 1. The number of anilines is 3. The van der Waals surface area contributed by atoms with E-state index in [1.807, 2.05) is 0 Å². The minimum Gasteiger partial charge on any atom is -0.465 e. The molecule has 0 spiro atoms. The van der Waals surface area contributed by atoms with Gasteiger partial charge in [-0.3, -0.25) is 0 Å². The number of ether oxygens (including phenoxy) is 1. The predicted molar refractivity (Wildman–Crippen MR) is 59.2 cm³/mol. The zero-order chi connectivity index (χ0) is 10.8. The Balaban J connectivity index is 2.45. The van der Waals surface area contributed by atoms with Gasteiger partial charge in [0.15, 0.2) is 0 Å². The first-order chi connectivity index (χ1) is 7.22. The Hall–Kier alpha value is -1.91. The van der Waals surface area contributed by atoms with Crippen molar-refractivity contribution in [2.24, 2.45) is 0 Å². The van der Waals surface area contributed by atoms with Crippen LogP contribution in [0.3, 0.4) is 0 Å². The van der Waals surface area contributed by atoms with Gasteiger partial charge < -0.3 is 21.1 Å².